The van der Waals surface area contributed by atoms with Crippen molar-refractivity contribution in [2.24, 2.45) is 5.73 Å². The van der Waals surface area contributed by atoms with Gasteiger partial charge in [0, 0.05) is 0 Å². The van der Waals surface area contributed by atoms with Crippen molar-refractivity contribution in [2.45, 2.75) is 6.04 Å². The number of carboxylic acid groups (broad SMARTS) is 1. The van der Waals surface area contributed by atoms with Gasteiger partial charge in [0.25, 0.3) is 0 Å². The number of carbonyl (C=O) groups is 1. The SMILES string of the molecule is N[C@@H](CO)C(=O)O.[O]=[V]=[O]. The van der Waals surface area contributed by atoms with E-state index in [-0.39, 0.29) is 0 Å². The van der Waals surface area contributed by atoms with Crippen LogP contribution in [-0.2, 0) is 28.3 Å². The molecule has 0 aromatic heterocycles. The third-order valence-corrected chi connectivity index (χ3v) is 0.514. The zero-order chi connectivity index (χ0) is 8.57. The fourth-order valence-electron chi connectivity index (χ4n) is 0.0781. The molecule has 59 valence electrons. The minimum absolute atomic E-state index is 0.505. The Kier molecular flexibility index (Phi) is 10.5. The molecule has 0 aliphatic carbocycles. The minimum atomic E-state index is -1.81. The van der Waals surface area contributed by atoms with Crippen molar-refractivity contribution in [1.82, 2.24) is 0 Å². The Bertz CT molecular complexity index is 131. The molecule has 0 rings (SSSR count). The van der Waals surface area contributed by atoms with Crippen LogP contribution in [0.5, 0.6) is 0 Å². The van der Waals surface area contributed by atoms with Crippen LogP contribution in [0.25, 0.3) is 0 Å². The van der Waals surface area contributed by atoms with E-state index in [0.29, 0.717) is 0 Å². The molecule has 0 aromatic rings. The van der Waals surface area contributed by atoms with Gasteiger partial charge in [0.2, 0.25) is 0 Å². The van der Waals surface area contributed by atoms with E-state index in [4.69, 9.17) is 23.3 Å². The Morgan fingerprint density at radius 2 is 1.90 bits per heavy atom. The first kappa shape index (κ1) is 12.3. The summed E-state index contributed by atoms with van der Waals surface area (Å²) in [6.45, 7) is -0.505. The molecule has 0 radical (unpaired) electrons. The number of hydrogen-bond donors (Lipinski definition) is 3. The fraction of sp³-hybridized carbons (Fsp3) is 0.667. The zero-order valence-corrected chi connectivity index (χ0v) is 6.32. The molecule has 0 amide bonds. The predicted molar refractivity (Wildman–Crippen MR) is 24.1 cm³/mol. The Balaban J connectivity index is 0. The molecule has 0 saturated carbocycles. The van der Waals surface area contributed by atoms with Gasteiger partial charge < -0.3 is 15.9 Å². The summed E-state index contributed by atoms with van der Waals surface area (Å²) in [7, 11) is 0. The van der Waals surface area contributed by atoms with Crippen molar-refractivity contribution >= 4 is 5.97 Å². The number of nitrogens with two attached hydrogens (primary N) is 1. The summed E-state index contributed by atoms with van der Waals surface area (Å²) in [5.41, 5.74) is 4.77. The molecule has 0 aliphatic heterocycles. The van der Waals surface area contributed by atoms with E-state index in [1.165, 1.54) is 0 Å². The first-order valence-electron chi connectivity index (χ1n) is 2.14. The van der Waals surface area contributed by atoms with Crippen molar-refractivity contribution in [2.75, 3.05) is 6.61 Å². The molecular formula is C3H7NO5V. The number of carboxylic acids is 1. The van der Waals surface area contributed by atoms with Gasteiger partial charge >= 0.3 is 29.5 Å². The fourth-order valence-corrected chi connectivity index (χ4v) is 0.0781. The zero-order valence-electron chi connectivity index (χ0n) is 4.93. The first-order chi connectivity index (χ1) is 4.59. The van der Waals surface area contributed by atoms with Crippen LogP contribution in [0.1, 0.15) is 0 Å². The van der Waals surface area contributed by atoms with Crippen LogP contribution in [0.3, 0.4) is 0 Å². The van der Waals surface area contributed by atoms with Crippen LogP contribution in [-0.4, -0.2) is 28.8 Å². The standard InChI is InChI=1S/C3H7NO3.2O.V/c4-2(1-5)3(6)7;;;/h2,5H,1,4H2,(H,6,7);;;/t2-;;;/m0.../s1. The maximum absolute atomic E-state index is 9.65. The van der Waals surface area contributed by atoms with Crippen LogP contribution in [0.4, 0.5) is 0 Å². The molecule has 10 heavy (non-hydrogen) atoms. The first-order valence-corrected chi connectivity index (χ1v) is 3.28. The van der Waals surface area contributed by atoms with Crippen LogP contribution in [0.15, 0.2) is 0 Å². The molecule has 6 nitrogen and oxygen atoms in total. The summed E-state index contributed by atoms with van der Waals surface area (Å²) >= 11 is -1.81. The Morgan fingerprint density at radius 1 is 1.60 bits per heavy atom. The van der Waals surface area contributed by atoms with Crippen molar-refractivity contribution in [3.05, 3.63) is 0 Å². The van der Waals surface area contributed by atoms with Crippen molar-refractivity contribution < 1.29 is 38.5 Å². The third-order valence-electron chi connectivity index (χ3n) is 0.514. The molecular weight excluding hydrogens is 181 g/mol. The van der Waals surface area contributed by atoms with E-state index in [1.807, 2.05) is 0 Å². The number of aliphatic carboxylic acids is 1. The summed E-state index contributed by atoms with van der Waals surface area (Å²) in [6.07, 6.45) is 0. The van der Waals surface area contributed by atoms with Crippen LogP contribution in [0, 0.1) is 0 Å². The van der Waals surface area contributed by atoms with E-state index in [9.17, 15) is 4.79 Å². The normalized spacial score (nSPS) is 10.2. The average molecular weight is 188 g/mol. The number of rotatable bonds is 2. The van der Waals surface area contributed by atoms with Gasteiger partial charge in [-0.05, 0) is 0 Å². The van der Waals surface area contributed by atoms with E-state index < -0.39 is 34.8 Å². The second-order valence-corrected chi connectivity index (χ2v) is 1.43. The predicted octanol–water partition coefficient (Wildman–Crippen LogP) is -1.85. The van der Waals surface area contributed by atoms with E-state index in [1.54, 1.807) is 0 Å². The second-order valence-electron chi connectivity index (χ2n) is 1.20. The van der Waals surface area contributed by atoms with Crippen LogP contribution < -0.4 is 5.73 Å². The van der Waals surface area contributed by atoms with Gasteiger partial charge in [-0.2, -0.15) is 0 Å². The summed E-state index contributed by atoms with van der Waals surface area (Å²) in [5.74, 6) is -1.18. The summed E-state index contributed by atoms with van der Waals surface area (Å²) in [5, 5.41) is 15.9. The molecule has 0 bridgehead atoms. The second kappa shape index (κ2) is 8.57. The van der Waals surface area contributed by atoms with Gasteiger partial charge in [-0.25, -0.2) is 0 Å². The molecule has 0 saturated heterocycles. The van der Waals surface area contributed by atoms with Crippen molar-refractivity contribution in [3.8, 4) is 0 Å². The topological polar surface area (TPSA) is 118 Å². The molecule has 0 aromatic carbocycles. The monoisotopic (exact) mass is 188 g/mol. The molecule has 0 heterocycles. The van der Waals surface area contributed by atoms with Crippen molar-refractivity contribution in [1.29, 1.82) is 0 Å². The Morgan fingerprint density at radius 3 is 1.90 bits per heavy atom. The summed E-state index contributed by atoms with van der Waals surface area (Å²) < 4.78 is 16.9. The number of aliphatic hydroxyl groups is 1. The molecule has 7 heteroatoms. The van der Waals surface area contributed by atoms with Gasteiger partial charge in [0.15, 0.2) is 0 Å². The van der Waals surface area contributed by atoms with Gasteiger partial charge in [-0.1, -0.05) is 0 Å². The summed E-state index contributed by atoms with van der Waals surface area (Å²) in [6, 6.07) is -1.13. The summed E-state index contributed by atoms with van der Waals surface area (Å²) in [4.78, 5) is 9.65. The van der Waals surface area contributed by atoms with Crippen LogP contribution >= 0.6 is 0 Å². The van der Waals surface area contributed by atoms with Gasteiger partial charge in [-0.15, -0.1) is 0 Å². The quantitative estimate of drug-likeness (QED) is 0.468. The molecule has 0 aliphatic rings. The Labute approximate surface area is 63.6 Å². The number of hydrogen-bond acceptors (Lipinski definition) is 5. The number of aliphatic hydroxyl groups excluding tert-OH is 1. The molecule has 0 unspecified atom stereocenters. The van der Waals surface area contributed by atoms with Gasteiger partial charge in [-0.3, -0.25) is 4.79 Å². The van der Waals surface area contributed by atoms with Crippen LogP contribution in [0.2, 0.25) is 0 Å². The van der Waals surface area contributed by atoms with Crippen molar-refractivity contribution in [3.63, 3.8) is 0 Å². The third kappa shape index (κ3) is 10.5. The Hall–Kier alpha value is -0.426. The van der Waals surface area contributed by atoms with E-state index in [2.05, 4.69) is 0 Å². The molecule has 1 atom stereocenters. The van der Waals surface area contributed by atoms with E-state index >= 15 is 0 Å². The van der Waals surface area contributed by atoms with Gasteiger partial charge in [0.05, 0.1) is 6.61 Å². The molecule has 0 fully saturated rings. The molecule has 4 N–H and O–H groups in total. The van der Waals surface area contributed by atoms with Gasteiger partial charge in [0.1, 0.15) is 6.04 Å². The van der Waals surface area contributed by atoms with E-state index in [0.717, 1.165) is 0 Å². The molecule has 0 spiro atoms. The maximum atomic E-state index is 9.65. The average Bonchev–Trinajstić information content (AvgIpc) is 1.88.